The number of aromatic nitrogens is 1. The van der Waals surface area contributed by atoms with Crippen LogP contribution in [0.15, 0.2) is 23.1 Å². The van der Waals surface area contributed by atoms with Crippen molar-refractivity contribution in [2.75, 3.05) is 18.5 Å². The van der Waals surface area contributed by atoms with Gasteiger partial charge in [-0.2, -0.15) is 0 Å². The number of hydrogen-bond acceptors (Lipinski definition) is 3. The van der Waals surface area contributed by atoms with Crippen LogP contribution in [0.25, 0.3) is 0 Å². The number of anilines is 1. The van der Waals surface area contributed by atoms with Gasteiger partial charge in [0.05, 0.1) is 5.69 Å². The van der Waals surface area contributed by atoms with Gasteiger partial charge in [0.15, 0.2) is 0 Å². The van der Waals surface area contributed by atoms with Crippen LogP contribution in [0.4, 0.5) is 5.69 Å². The highest BCUT2D eigenvalue weighted by Gasteiger charge is 2.12. The minimum absolute atomic E-state index is 0.0576. The molecule has 2 heterocycles. The van der Waals surface area contributed by atoms with E-state index in [4.69, 9.17) is 4.74 Å². The summed E-state index contributed by atoms with van der Waals surface area (Å²) in [4.78, 5) is 11.5. The Labute approximate surface area is 102 Å². The minimum Gasteiger partial charge on any atom is -0.381 e. The summed E-state index contributed by atoms with van der Waals surface area (Å²) in [5.74, 6) is 0. The predicted octanol–water partition coefficient (Wildman–Crippen LogP) is 1.85. The fourth-order valence-electron chi connectivity index (χ4n) is 2.15. The van der Waals surface area contributed by atoms with Gasteiger partial charge in [-0.15, -0.1) is 0 Å². The molecule has 0 radical (unpaired) electrons. The molecule has 4 nitrogen and oxygen atoms in total. The van der Waals surface area contributed by atoms with Crippen LogP contribution in [0, 0.1) is 0 Å². The second-order valence-electron chi connectivity index (χ2n) is 4.43. The molecule has 1 aliphatic rings. The molecule has 2 rings (SSSR count). The van der Waals surface area contributed by atoms with E-state index in [-0.39, 0.29) is 5.56 Å². The van der Waals surface area contributed by atoms with E-state index >= 15 is 0 Å². The normalized spacial score (nSPS) is 20.9. The second-order valence-corrected chi connectivity index (χ2v) is 4.43. The van der Waals surface area contributed by atoms with Crippen LogP contribution in [-0.2, 0) is 11.3 Å². The third kappa shape index (κ3) is 3.33. The van der Waals surface area contributed by atoms with Crippen LogP contribution >= 0.6 is 0 Å². The van der Waals surface area contributed by atoms with Crippen LogP contribution in [0.5, 0.6) is 0 Å². The average molecular weight is 236 g/mol. The molecule has 4 heteroatoms. The highest BCUT2D eigenvalue weighted by Crippen LogP contribution is 2.14. The van der Waals surface area contributed by atoms with Crippen LogP contribution in [0.1, 0.15) is 26.2 Å². The topological polar surface area (TPSA) is 43.3 Å². The lowest BCUT2D eigenvalue weighted by molar-refractivity contribution is 0.144. The van der Waals surface area contributed by atoms with Crippen molar-refractivity contribution >= 4 is 5.69 Å². The first-order valence-corrected chi connectivity index (χ1v) is 6.34. The van der Waals surface area contributed by atoms with Gasteiger partial charge in [-0.25, -0.2) is 0 Å². The van der Waals surface area contributed by atoms with Gasteiger partial charge in [-0.1, -0.05) is 0 Å². The first-order valence-electron chi connectivity index (χ1n) is 6.34. The molecule has 0 amide bonds. The molecular formula is C13H20N2O2. The van der Waals surface area contributed by atoms with E-state index < -0.39 is 0 Å². The van der Waals surface area contributed by atoms with Crippen molar-refractivity contribution in [1.29, 1.82) is 0 Å². The van der Waals surface area contributed by atoms with Gasteiger partial charge in [-0.3, -0.25) is 4.79 Å². The fraction of sp³-hybridized carbons (Fsp3) is 0.615. The number of rotatable bonds is 3. The van der Waals surface area contributed by atoms with E-state index in [1.165, 1.54) is 0 Å². The van der Waals surface area contributed by atoms with Gasteiger partial charge < -0.3 is 14.6 Å². The third-order valence-electron chi connectivity index (χ3n) is 3.15. The zero-order valence-corrected chi connectivity index (χ0v) is 10.3. The lowest BCUT2D eigenvalue weighted by Gasteiger charge is -2.17. The lowest BCUT2D eigenvalue weighted by atomic mass is 10.1. The Bertz CT molecular complexity index is 406. The van der Waals surface area contributed by atoms with Crippen molar-refractivity contribution in [3.8, 4) is 0 Å². The number of nitrogens with one attached hydrogen (secondary N) is 1. The highest BCUT2D eigenvalue weighted by atomic mass is 16.5. The van der Waals surface area contributed by atoms with Crippen LogP contribution < -0.4 is 10.9 Å². The van der Waals surface area contributed by atoms with Gasteiger partial charge in [0.25, 0.3) is 5.56 Å². The Morgan fingerprint density at radius 2 is 2.29 bits per heavy atom. The highest BCUT2D eigenvalue weighted by molar-refractivity contribution is 5.41. The molecule has 0 spiro atoms. The van der Waals surface area contributed by atoms with Crippen molar-refractivity contribution in [1.82, 2.24) is 4.57 Å². The summed E-state index contributed by atoms with van der Waals surface area (Å²) in [6.07, 6.45) is 5.16. The molecule has 0 aliphatic carbocycles. The van der Waals surface area contributed by atoms with E-state index in [1.54, 1.807) is 10.6 Å². The molecule has 1 unspecified atom stereocenters. The number of ether oxygens (including phenoxy) is 1. The van der Waals surface area contributed by atoms with E-state index in [9.17, 15) is 4.79 Å². The predicted molar refractivity (Wildman–Crippen MR) is 68.5 cm³/mol. The number of nitrogens with zero attached hydrogens (tertiary/aromatic N) is 1. The molecule has 1 fully saturated rings. The quantitative estimate of drug-likeness (QED) is 0.871. The van der Waals surface area contributed by atoms with E-state index in [1.807, 2.05) is 19.2 Å². The molecule has 0 bridgehead atoms. The average Bonchev–Trinajstić information content (AvgIpc) is 2.60. The summed E-state index contributed by atoms with van der Waals surface area (Å²) in [5.41, 5.74) is 1.08. The van der Waals surface area contributed by atoms with Crippen molar-refractivity contribution in [2.45, 2.75) is 38.8 Å². The molecule has 0 saturated carbocycles. The molecule has 17 heavy (non-hydrogen) atoms. The molecule has 1 N–H and O–H groups in total. The largest absolute Gasteiger partial charge is 0.381 e. The zero-order valence-electron chi connectivity index (χ0n) is 10.3. The van der Waals surface area contributed by atoms with Gasteiger partial charge in [0.1, 0.15) is 0 Å². The maximum absolute atomic E-state index is 11.5. The van der Waals surface area contributed by atoms with Crippen LogP contribution in [-0.4, -0.2) is 23.8 Å². The molecule has 1 atom stereocenters. The molecule has 1 aromatic rings. The summed E-state index contributed by atoms with van der Waals surface area (Å²) in [6.45, 7) is 4.38. The Morgan fingerprint density at radius 1 is 1.41 bits per heavy atom. The van der Waals surface area contributed by atoms with Crippen molar-refractivity contribution < 1.29 is 4.74 Å². The van der Waals surface area contributed by atoms with Crippen LogP contribution in [0.3, 0.4) is 0 Å². The SMILES string of the molecule is CCn1cc(NC2CCCOCC2)ccc1=O. The van der Waals surface area contributed by atoms with Gasteiger partial charge >= 0.3 is 0 Å². The fourth-order valence-corrected chi connectivity index (χ4v) is 2.15. The number of hydrogen-bond donors (Lipinski definition) is 1. The van der Waals surface area contributed by atoms with E-state index in [0.29, 0.717) is 12.6 Å². The smallest absolute Gasteiger partial charge is 0.250 e. The molecule has 94 valence electrons. The first-order chi connectivity index (χ1) is 8.29. The summed E-state index contributed by atoms with van der Waals surface area (Å²) in [5, 5.41) is 3.48. The minimum atomic E-state index is 0.0576. The number of pyridine rings is 1. The van der Waals surface area contributed by atoms with Crippen molar-refractivity contribution in [3.05, 3.63) is 28.7 Å². The van der Waals surface area contributed by atoms with Crippen molar-refractivity contribution in [2.24, 2.45) is 0 Å². The zero-order chi connectivity index (χ0) is 12.1. The Kier molecular flexibility index (Phi) is 4.20. The van der Waals surface area contributed by atoms with Gasteiger partial charge in [-0.05, 0) is 32.3 Å². The second kappa shape index (κ2) is 5.87. The Morgan fingerprint density at radius 3 is 3.12 bits per heavy atom. The Balaban J connectivity index is 2.04. The van der Waals surface area contributed by atoms with Gasteiger partial charge in [0.2, 0.25) is 0 Å². The standard InChI is InChI=1S/C13H20N2O2/c1-2-15-10-12(5-6-13(15)16)14-11-4-3-8-17-9-7-11/h5-6,10-11,14H,2-4,7-9H2,1H3. The van der Waals surface area contributed by atoms with Crippen LogP contribution in [0.2, 0.25) is 0 Å². The van der Waals surface area contributed by atoms with E-state index in [2.05, 4.69) is 5.32 Å². The maximum atomic E-state index is 11.5. The first kappa shape index (κ1) is 12.2. The van der Waals surface area contributed by atoms with E-state index in [0.717, 1.165) is 38.2 Å². The Hall–Kier alpha value is -1.29. The molecule has 1 aliphatic heterocycles. The summed E-state index contributed by atoms with van der Waals surface area (Å²) < 4.78 is 7.15. The molecule has 1 saturated heterocycles. The molecule has 0 aromatic carbocycles. The van der Waals surface area contributed by atoms with Gasteiger partial charge in [0, 0.05) is 38.1 Å². The summed E-state index contributed by atoms with van der Waals surface area (Å²) >= 11 is 0. The third-order valence-corrected chi connectivity index (χ3v) is 3.15. The number of aryl methyl sites for hydroxylation is 1. The maximum Gasteiger partial charge on any atom is 0.250 e. The lowest BCUT2D eigenvalue weighted by Crippen LogP contribution is -2.22. The molecule has 1 aromatic heterocycles. The molecular weight excluding hydrogens is 216 g/mol. The summed E-state index contributed by atoms with van der Waals surface area (Å²) in [7, 11) is 0. The monoisotopic (exact) mass is 236 g/mol. The summed E-state index contributed by atoms with van der Waals surface area (Å²) in [6, 6.07) is 3.94. The van der Waals surface area contributed by atoms with Crippen molar-refractivity contribution in [3.63, 3.8) is 0 Å².